The van der Waals surface area contributed by atoms with E-state index in [0.29, 0.717) is 5.56 Å². The minimum atomic E-state index is -1.26. The molecule has 0 saturated heterocycles. The number of ether oxygens (including phenoxy) is 1. The topological polar surface area (TPSA) is 75.6 Å². The summed E-state index contributed by atoms with van der Waals surface area (Å²) in [5, 5.41) is 11.8. The number of hydrogen-bond donors (Lipinski definition) is 2. The van der Waals surface area contributed by atoms with Gasteiger partial charge in [-0.15, -0.1) is 0 Å². The summed E-state index contributed by atoms with van der Waals surface area (Å²) in [7, 11) is 0. The predicted octanol–water partition coefficient (Wildman–Crippen LogP) is 2.31. The Morgan fingerprint density at radius 1 is 1.17 bits per heavy atom. The molecule has 2 rings (SSSR count). The highest BCUT2D eigenvalue weighted by Gasteiger charge is 2.23. The Morgan fingerprint density at radius 2 is 1.88 bits per heavy atom. The van der Waals surface area contributed by atoms with Gasteiger partial charge in [0.15, 0.2) is 6.04 Å². The Balaban J connectivity index is 1.98. The maximum atomic E-state index is 13.6. The molecule has 2 aromatic carbocycles. The van der Waals surface area contributed by atoms with E-state index in [4.69, 9.17) is 16.3 Å². The molecule has 0 radical (unpaired) electrons. The highest BCUT2D eigenvalue weighted by atomic mass is 35.5. The van der Waals surface area contributed by atoms with Crippen molar-refractivity contribution in [2.75, 3.05) is 6.61 Å². The molecular formula is C17H15ClFNO4. The highest BCUT2D eigenvalue weighted by molar-refractivity contribution is 6.31. The van der Waals surface area contributed by atoms with Crippen LogP contribution in [0.5, 0.6) is 0 Å². The first-order chi connectivity index (χ1) is 11.5. The first-order valence-corrected chi connectivity index (χ1v) is 7.47. The first-order valence-electron chi connectivity index (χ1n) is 7.09. The van der Waals surface area contributed by atoms with E-state index in [-0.39, 0.29) is 10.6 Å². The summed E-state index contributed by atoms with van der Waals surface area (Å²) in [5.41, 5.74) is 0.361. The van der Waals surface area contributed by atoms with Gasteiger partial charge in [0.25, 0.3) is 5.91 Å². The zero-order valence-corrected chi connectivity index (χ0v) is 13.3. The molecule has 1 unspecified atom stereocenters. The van der Waals surface area contributed by atoms with Crippen molar-refractivity contribution in [2.24, 2.45) is 0 Å². The standard InChI is InChI=1S/C17H15ClFNO4/c18-13-7-4-8-14(19)12(13)10-24-17(23)15(9-21)20-16(22)11-5-2-1-3-6-11/h1-8,15,21H,9-10H2,(H,20,22). The third-order valence-corrected chi connectivity index (χ3v) is 3.58. The number of halogens is 2. The minimum absolute atomic E-state index is 0.0265. The molecular weight excluding hydrogens is 337 g/mol. The average molecular weight is 352 g/mol. The van der Waals surface area contributed by atoms with E-state index in [9.17, 15) is 19.1 Å². The van der Waals surface area contributed by atoms with Crippen molar-refractivity contribution in [3.8, 4) is 0 Å². The first kappa shape index (κ1) is 17.9. The van der Waals surface area contributed by atoms with Crippen LogP contribution in [-0.2, 0) is 16.1 Å². The van der Waals surface area contributed by atoms with E-state index in [2.05, 4.69) is 5.32 Å². The largest absolute Gasteiger partial charge is 0.459 e. The smallest absolute Gasteiger partial charge is 0.331 e. The molecule has 0 bridgehead atoms. The van der Waals surface area contributed by atoms with Crippen molar-refractivity contribution in [1.82, 2.24) is 5.32 Å². The number of esters is 1. The lowest BCUT2D eigenvalue weighted by atomic mass is 10.2. The number of aliphatic hydroxyl groups is 1. The number of amides is 1. The van der Waals surface area contributed by atoms with Crippen molar-refractivity contribution in [2.45, 2.75) is 12.6 Å². The van der Waals surface area contributed by atoms with Crippen LogP contribution in [0.3, 0.4) is 0 Å². The summed E-state index contributed by atoms with van der Waals surface area (Å²) in [5.74, 6) is -2.03. The van der Waals surface area contributed by atoms with Crippen LogP contribution in [0.25, 0.3) is 0 Å². The molecule has 0 spiro atoms. The van der Waals surface area contributed by atoms with Crippen LogP contribution >= 0.6 is 11.6 Å². The lowest BCUT2D eigenvalue weighted by Crippen LogP contribution is -2.44. The summed E-state index contributed by atoms with van der Waals surface area (Å²) in [6.45, 7) is -1.05. The highest BCUT2D eigenvalue weighted by Crippen LogP contribution is 2.19. The van der Waals surface area contributed by atoms with Gasteiger partial charge in [0.1, 0.15) is 12.4 Å². The fourth-order valence-corrected chi connectivity index (χ4v) is 2.14. The van der Waals surface area contributed by atoms with Crippen LogP contribution in [0.2, 0.25) is 5.02 Å². The van der Waals surface area contributed by atoms with Gasteiger partial charge in [-0.2, -0.15) is 0 Å². The Kier molecular flexibility index (Phi) is 6.28. The molecule has 0 aliphatic carbocycles. The van der Waals surface area contributed by atoms with Crippen LogP contribution in [0.1, 0.15) is 15.9 Å². The molecule has 5 nitrogen and oxygen atoms in total. The summed E-state index contributed by atoms with van der Waals surface area (Å²) >= 11 is 5.84. The monoisotopic (exact) mass is 351 g/mol. The van der Waals surface area contributed by atoms with Crippen molar-refractivity contribution in [1.29, 1.82) is 0 Å². The third-order valence-electron chi connectivity index (χ3n) is 3.23. The van der Waals surface area contributed by atoms with E-state index >= 15 is 0 Å². The van der Waals surface area contributed by atoms with Crippen LogP contribution in [0.15, 0.2) is 48.5 Å². The van der Waals surface area contributed by atoms with Gasteiger partial charge >= 0.3 is 5.97 Å². The molecule has 0 aliphatic rings. The summed E-state index contributed by atoms with van der Waals surface area (Å²) < 4.78 is 18.6. The van der Waals surface area contributed by atoms with Gasteiger partial charge in [-0.3, -0.25) is 4.79 Å². The van der Waals surface area contributed by atoms with E-state index in [1.165, 1.54) is 18.2 Å². The second kappa shape index (κ2) is 8.42. The van der Waals surface area contributed by atoms with Gasteiger partial charge in [-0.05, 0) is 24.3 Å². The van der Waals surface area contributed by atoms with E-state index in [0.717, 1.165) is 0 Å². The van der Waals surface area contributed by atoms with Crippen LogP contribution in [0, 0.1) is 5.82 Å². The van der Waals surface area contributed by atoms with Crippen molar-refractivity contribution in [3.05, 3.63) is 70.5 Å². The molecule has 0 saturated carbocycles. The zero-order chi connectivity index (χ0) is 17.5. The number of carbonyl (C=O) groups is 2. The molecule has 2 aromatic rings. The van der Waals surface area contributed by atoms with Gasteiger partial charge in [0.2, 0.25) is 0 Å². The molecule has 24 heavy (non-hydrogen) atoms. The molecule has 0 heterocycles. The maximum Gasteiger partial charge on any atom is 0.331 e. The Labute approximate surface area is 143 Å². The van der Waals surface area contributed by atoms with Gasteiger partial charge in [-0.25, -0.2) is 9.18 Å². The molecule has 7 heteroatoms. The van der Waals surface area contributed by atoms with Crippen molar-refractivity contribution < 1.29 is 23.8 Å². The maximum absolute atomic E-state index is 13.6. The Morgan fingerprint density at radius 3 is 2.50 bits per heavy atom. The van der Waals surface area contributed by atoms with Gasteiger partial charge in [-0.1, -0.05) is 35.9 Å². The number of hydrogen-bond acceptors (Lipinski definition) is 4. The fraction of sp³-hybridized carbons (Fsp3) is 0.176. The van der Waals surface area contributed by atoms with Crippen LogP contribution in [0.4, 0.5) is 4.39 Å². The number of rotatable bonds is 6. The molecule has 0 fully saturated rings. The van der Waals surface area contributed by atoms with Crippen LogP contribution in [-0.4, -0.2) is 29.6 Å². The molecule has 1 amide bonds. The molecule has 2 N–H and O–H groups in total. The SMILES string of the molecule is O=C(NC(CO)C(=O)OCc1c(F)cccc1Cl)c1ccccc1. The number of aliphatic hydroxyl groups excluding tert-OH is 1. The predicted molar refractivity (Wildman–Crippen MR) is 86.0 cm³/mol. The Hall–Kier alpha value is -2.44. The Bertz CT molecular complexity index is 704. The average Bonchev–Trinajstić information content (AvgIpc) is 2.59. The van der Waals surface area contributed by atoms with Crippen LogP contribution < -0.4 is 5.32 Å². The lowest BCUT2D eigenvalue weighted by molar-refractivity contribution is -0.148. The number of carbonyl (C=O) groups excluding carboxylic acids is 2. The van der Waals surface area contributed by atoms with E-state index < -0.39 is 36.9 Å². The van der Waals surface area contributed by atoms with Crippen molar-refractivity contribution in [3.63, 3.8) is 0 Å². The quantitative estimate of drug-likeness (QED) is 0.783. The zero-order valence-electron chi connectivity index (χ0n) is 12.5. The lowest BCUT2D eigenvalue weighted by Gasteiger charge is -2.16. The second-order valence-electron chi connectivity index (χ2n) is 4.88. The molecule has 1 atom stereocenters. The van der Waals surface area contributed by atoms with Gasteiger partial charge in [0.05, 0.1) is 11.6 Å². The summed E-state index contributed by atoms with van der Waals surface area (Å²) in [6.07, 6.45) is 0. The van der Waals surface area contributed by atoms with E-state index in [1.54, 1.807) is 30.3 Å². The van der Waals surface area contributed by atoms with E-state index in [1.807, 2.05) is 0 Å². The number of benzene rings is 2. The summed E-state index contributed by atoms with van der Waals surface area (Å²) in [4.78, 5) is 24.0. The number of nitrogens with one attached hydrogen (secondary N) is 1. The fourth-order valence-electron chi connectivity index (χ4n) is 1.92. The third kappa shape index (κ3) is 4.53. The summed E-state index contributed by atoms with van der Waals surface area (Å²) in [6, 6.07) is 11.0. The molecule has 126 valence electrons. The second-order valence-corrected chi connectivity index (χ2v) is 5.29. The van der Waals surface area contributed by atoms with Gasteiger partial charge in [0, 0.05) is 11.1 Å². The molecule has 0 aromatic heterocycles. The molecule has 0 aliphatic heterocycles. The minimum Gasteiger partial charge on any atom is -0.459 e. The van der Waals surface area contributed by atoms with Gasteiger partial charge < -0.3 is 15.2 Å². The normalized spacial score (nSPS) is 11.6. The van der Waals surface area contributed by atoms with Crippen molar-refractivity contribution >= 4 is 23.5 Å².